The number of amides is 4. The molecular weight excluding hydrogens is 898 g/mol. The van der Waals surface area contributed by atoms with Crippen LogP contribution in [0.1, 0.15) is 58.1 Å². The van der Waals surface area contributed by atoms with Crippen molar-refractivity contribution in [3.63, 3.8) is 0 Å². The Labute approximate surface area is 378 Å². The van der Waals surface area contributed by atoms with Gasteiger partial charge in [0.05, 0.1) is 33.2 Å². The molecule has 0 aromatic heterocycles. The van der Waals surface area contributed by atoms with Gasteiger partial charge in [0.2, 0.25) is 5.41 Å². The molecule has 9 rings (SSSR count). The van der Waals surface area contributed by atoms with E-state index in [9.17, 15) is 19.2 Å². The highest BCUT2D eigenvalue weighted by atomic mass is 31.2. The van der Waals surface area contributed by atoms with Crippen molar-refractivity contribution in [1.82, 2.24) is 4.90 Å². The smallest absolute Gasteiger partial charge is 0.411 e. The Morgan fingerprint density at radius 3 is 1.54 bits per heavy atom. The fraction of sp³-hybridized carbons (Fsp3) is 0.0980. The lowest BCUT2D eigenvalue weighted by Gasteiger charge is -2.38. The molecule has 0 aliphatic carbocycles. The number of benzene rings is 7. The summed E-state index contributed by atoms with van der Waals surface area (Å²) < 4.78 is 120. The average Bonchev–Trinajstić information content (AvgIpc) is 3.67. The molecule has 7 aromatic rings. The number of anilines is 1. The van der Waals surface area contributed by atoms with E-state index < -0.39 is 76.4 Å². The fourth-order valence-electron chi connectivity index (χ4n) is 8.52. The second-order valence-electron chi connectivity index (χ2n) is 15.8. The SMILES string of the molecule is Cc1cccc(Oc2cc(Oc3cccc(N4C(=O)c5ccc(C(c6ccc7c(c6)C(=O)N(C)C7=O)(C(F)(F)F)C(F)(F)F)cc5C4=O)c3)ccc2P(=O)(c2ccccc2)c2ccccc2)c1. The molecule has 0 fully saturated rings. The zero-order valence-corrected chi connectivity index (χ0v) is 36.0. The van der Waals surface area contributed by atoms with Crippen molar-refractivity contribution in [2.75, 3.05) is 11.9 Å². The molecule has 2 aliphatic heterocycles. The van der Waals surface area contributed by atoms with Crippen molar-refractivity contribution in [3.05, 3.63) is 203 Å². The zero-order chi connectivity index (χ0) is 47.6. The van der Waals surface area contributed by atoms with E-state index in [1.165, 1.54) is 30.3 Å². The van der Waals surface area contributed by atoms with Gasteiger partial charge in [0.1, 0.15) is 23.0 Å². The third kappa shape index (κ3) is 7.26. The molecule has 16 heteroatoms. The fourth-order valence-corrected chi connectivity index (χ4v) is 11.3. The predicted octanol–water partition coefficient (Wildman–Crippen LogP) is 10.7. The number of alkyl halides is 6. The minimum Gasteiger partial charge on any atom is -0.457 e. The van der Waals surface area contributed by atoms with Crippen molar-refractivity contribution in [3.8, 4) is 23.0 Å². The number of aryl methyl sites for hydroxylation is 1. The van der Waals surface area contributed by atoms with Gasteiger partial charge >= 0.3 is 12.4 Å². The van der Waals surface area contributed by atoms with Gasteiger partial charge < -0.3 is 14.0 Å². The Kier molecular flexibility index (Phi) is 10.8. The lowest BCUT2D eigenvalue weighted by molar-refractivity contribution is -0.288. The second-order valence-corrected chi connectivity index (χ2v) is 18.5. The summed E-state index contributed by atoms with van der Waals surface area (Å²) in [6.45, 7) is 1.88. The lowest BCUT2D eigenvalue weighted by Crippen LogP contribution is -2.55. The quantitative estimate of drug-likeness (QED) is 0.0763. The molecule has 0 unspecified atom stereocenters. The molecule has 2 aliphatic rings. The molecule has 0 saturated heterocycles. The number of fused-ring (bicyclic) bond motifs is 2. The molecule has 4 amide bonds. The van der Waals surface area contributed by atoms with Crippen molar-refractivity contribution in [1.29, 1.82) is 0 Å². The van der Waals surface area contributed by atoms with Gasteiger partial charge in [-0.2, -0.15) is 26.3 Å². The zero-order valence-electron chi connectivity index (χ0n) is 35.1. The Balaban J connectivity index is 1.08. The molecule has 0 atom stereocenters. The molecule has 0 N–H and O–H groups in total. The van der Waals surface area contributed by atoms with E-state index in [0.717, 1.165) is 18.7 Å². The van der Waals surface area contributed by atoms with E-state index in [2.05, 4.69) is 0 Å². The van der Waals surface area contributed by atoms with Crippen LogP contribution in [0, 0.1) is 6.92 Å². The number of rotatable bonds is 10. The van der Waals surface area contributed by atoms with Gasteiger partial charge in [-0.3, -0.25) is 24.1 Å². The first-order valence-electron chi connectivity index (χ1n) is 20.4. The van der Waals surface area contributed by atoms with Crippen LogP contribution < -0.4 is 30.3 Å². The Bertz CT molecular complexity index is 3170. The van der Waals surface area contributed by atoms with Crippen LogP contribution in [0.2, 0.25) is 0 Å². The first kappa shape index (κ1) is 44.4. The minimum absolute atomic E-state index is 0.0572. The topological polar surface area (TPSA) is 110 Å². The van der Waals surface area contributed by atoms with Crippen molar-refractivity contribution >= 4 is 52.4 Å². The number of hydrogen-bond donors (Lipinski definition) is 0. The predicted molar refractivity (Wildman–Crippen MR) is 237 cm³/mol. The number of hydrogen-bond acceptors (Lipinski definition) is 7. The van der Waals surface area contributed by atoms with Gasteiger partial charge in [0.15, 0.2) is 7.14 Å². The van der Waals surface area contributed by atoms with E-state index in [0.29, 0.717) is 61.8 Å². The first-order chi connectivity index (χ1) is 31.8. The summed E-state index contributed by atoms with van der Waals surface area (Å²) in [5.74, 6) is -3.40. The van der Waals surface area contributed by atoms with Crippen LogP contribution in [-0.4, -0.2) is 47.9 Å². The van der Waals surface area contributed by atoms with E-state index in [1.54, 1.807) is 78.9 Å². The third-order valence-corrected chi connectivity index (χ3v) is 14.8. The number of carbonyl (C=O) groups is 4. The molecule has 2 heterocycles. The normalized spacial score (nSPS) is 14.1. The van der Waals surface area contributed by atoms with E-state index in [4.69, 9.17) is 9.47 Å². The third-order valence-electron chi connectivity index (χ3n) is 11.7. The van der Waals surface area contributed by atoms with Gasteiger partial charge in [-0.15, -0.1) is 0 Å². The summed E-state index contributed by atoms with van der Waals surface area (Å²) in [4.78, 5) is 54.2. The van der Waals surface area contributed by atoms with Crippen LogP contribution in [0.5, 0.6) is 23.0 Å². The van der Waals surface area contributed by atoms with E-state index >= 15 is 30.9 Å². The molecule has 0 spiro atoms. The molecule has 9 nitrogen and oxygen atoms in total. The summed E-state index contributed by atoms with van der Waals surface area (Å²) in [6.07, 6.45) is -12.2. The van der Waals surface area contributed by atoms with Crippen LogP contribution in [0.3, 0.4) is 0 Å². The molecule has 7 aromatic carbocycles. The van der Waals surface area contributed by atoms with Crippen molar-refractivity contribution in [2.45, 2.75) is 24.7 Å². The van der Waals surface area contributed by atoms with Gasteiger partial charge in [0.25, 0.3) is 23.6 Å². The standard InChI is InChI=1S/C51H33F6N2O7P/c1-30-11-9-13-34(25-30)66-43-29-36(21-24-44(43)67(64,37-15-5-3-6-16-37)38-17-7-4-8-18-38)65-35-14-10-12-33(28-35)59-47(62)40-23-20-32(27-42(40)48(59)63)49(50(52,53)54,51(55,56)57)31-19-22-39-41(26-31)46(61)58(2)45(39)60/h3-29H,1-2H3. The summed E-state index contributed by atoms with van der Waals surface area (Å²) in [6, 6.07) is 38.4. The maximum atomic E-state index is 15.5. The monoisotopic (exact) mass is 930 g/mol. The molecule has 0 bridgehead atoms. The highest BCUT2D eigenvalue weighted by Crippen LogP contribution is 2.57. The number of imide groups is 2. The number of halogens is 6. The summed E-state index contributed by atoms with van der Waals surface area (Å²) in [7, 11) is -2.57. The largest absolute Gasteiger partial charge is 0.457 e. The summed E-state index contributed by atoms with van der Waals surface area (Å²) in [5, 5.41) is 1.43. The Morgan fingerprint density at radius 1 is 0.478 bits per heavy atom. The maximum absolute atomic E-state index is 15.5. The summed E-state index contributed by atoms with van der Waals surface area (Å²) in [5.41, 5.74) is -9.17. The number of carbonyl (C=O) groups excluding carboxylic acids is 4. The minimum atomic E-state index is -6.12. The Hall–Kier alpha value is -7.77. The van der Waals surface area contributed by atoms with E-state index in [-0.39, 0.29) is 28.5 Å². The van der Waals surface area contributed by atoms with Gasteiger partial charge in [-0.25, -0.2) is 4.90 Å². The Morgan fingerprint density at radius 2 is 0.970 bits per heavy atom. The highest BCUT2D eigenvalue weighted by Gasteiger charge is 2.73. The van der Waals surface area contributed by atoms with Crippen molar-refractivity contribution in [2.24, 2.45) is 0 Å². The molecule has 0 radical (unpaired) electrons. The maximum Gasteiger partial charge on any atom is 0.411 e. The van der Waals surface area contributed by atoms with Crippen LogP contribution >= 0.6 is 7.14 Å². The van der Waals surface area contributed by atoms with Gasteiger partial charge in [0, 0.05) is 29.8 Å². The highest BCUT2D eigenvalue weighted by molar-refractivity contribution is 7.85. The molecule has 67 heavy (non-hydrogen) atoms. The van der Waals surface area contributed by atoms with Crippen LogP contribution in [0.4, 0.5) is 32.0 Å². The first-order valence-corrected chi connectivity index (χ1v) is 22.1. The number of ether oxygens (including phenoxy) is 2. The van der Waals surface area contributed by atoms with Crippen LogP contribution in [0.25, 0.3) is 0 Å². The molecule has 336 valence electrons. The van der Waals surface area contributed by atoms with Crippen LogP contribution in [-0.2, 0) is 9.98 Å². The number of nitrogens with zero attached hydrogens (tertiary/aromatic N) is 2. The second kappa shape index (κ2) is 16.3. The van der Waals surface area contributed by atoms with Crippen LogP contribution in [0.15, 0.2) is 164 Å². The lowest BCUT2D eigenvalue weighted by atomic mass is 9.71. The van der Waals surface area contributed by atoms with Gasteiger partial charge in [-0.05, 0) is 84.3 Å². The van der Waals surface area contributed by atoms with E-state index in [1.807, 2.05) is 25.1 Å². The van der Waals surface area contributed by atoms with Gasteiger partial charge in [-0.1, -0.05) is 91.0 Å². The molecular formula is C51H33F6N2O7P. The molecule has 0 saturated carbocycles. The summed E-state index contributed by atoms with van der Waals surface area (Å²) >= 11 is 0. The average molecular weight is 931 g/mol. The van der Waals surface area contributed by atoms with Crippen molar-refractivity contribution < 1.29 is 59.6 Å².